The minimum atomic E-state index is -1.12. The van der Waals surface area contributed by atoms with Gasteiger partial charge in [-0.25, -0.2) is 9.78 Å². The zero-order valence-electron chi connectivity index (χ0n) is 12.4. The Morgan fingerprint density at radius 1 is 1.48 bits per heavy atom. The van der Waals surface area contributed by atoms with Gasteiger partial charge in [-0.05, 0) is 47.6 Å². The Balaban J connectivity index is 2.35. The zero-order valence-corrected chi connectivity index (χ0v) is 15.6. The van der Waals surface area contributed by atoms with Crippen LogP contribution in [0.4, 0.5) is 10.6 Å². The summed E-state index contributed by atoms with van der Waals surface area (Å²) in [6.07, 6.45) is 1.28. The number of rotatable bonds is 4. The number of anilines is 1. The van der Waals surface area contributed by atoms with Crippen LogP contribution in [0.15, 0.2) is 16.7 Å². The molecule has 0 bridgehead atoms. The van der Waals surface area contributed by atoms with Crippen molar-refractivity contribution in [3.05, 3.63) is 21.7 Å². The smallest absolute Gasteiger partial charge is 0.413 e. The van der Waals surface area contributed by atoms with E-state index >= 15 is 0 Å². The van der Waals surface area contributed by atoms with Crippen molar-refractivity contribution in [3.63, 3.8) is 0 Å². The molecular weight excluding hydrogens is 402 g/mol. The average Bonchev–Trinajstić information content (AvgIpc) is 2.98. The summed E-state index contributed by atoms with van der Waals surface area (Å²) in [6.45, 7) is 3.95. The van der Waals surface area contributed by atoms with E-state index in [2.05, 4.69) is 36.4 Å². The summed E-state index contributed by atoms with van der Waals surface area (Å²) < 4.78 is 0.780. The van der Waals surface area contributed by atoms with E-state index in [1.54, 1.807) is 13.1 Å². The van der Waals surface area contributed by atoms with Crippen LogP contribution in [0.2, 0.25) is 0 Å². The average molecular weight is 416 g/mol. The maximum atomic E-state index is 11.2. The second-order valence-electron chi connectivity index (χ2n) is 4.36. The van der Waals surface area contributed by atoms with Gasteiger partial charge >= 0.3 is 6.09 Å². The molecule has 2 heterocycles. The standard InChI is InChI=1S/C13H14BrN5O2S2/c1-3-9-17-18-11(23-9)8-5-7(14)6-15-10(8)16-12(22)19(4-2)13(20)21/h5-6H,3-4H2,1-2H3,(H,20,21)(H,15,16,22). The largest absolute Gasteiger partial charge is 0.465 e. The number of thiocarbonyl (C=S) groups is 1. The van der Waals surface area contributed by atoms with Crippen LogP contribution in [0.1, 0.15) is 18.9 Å². The quantitative estimate of drug-likeness (QED) is 0.736. The molecule has 2 aromatic rings. The lowest BCUT2D eigenvalue weighted by molar-refractivity contribution is 0.171. The van der Waals surface area contributed by atoms with Gasteiger partial charge in [-0.15, -0.1) is 10.2 Å². The highest BCUT2D eigenvalue weighted by Crippen LogP contribution is 2.31. The lowest BCUT2D eigenvalue weighted by Crippen LogP contribution is -2.38. The van der Waals surface area contributed by atoms with Crippen LogP contribution in [0.5, 0.6) is 0 Å². The van der Waals surface area contributed by atoms with E-state index in [-0.39, 0.29) is 11.7 Å². The number of aryl methyl sites for hydroxylation is 1. The summed E-state index contributed by atoms with van der Waals surface area (Å²) in [5.74, 6) is 0.441. The predicted octanol–water partition coefficient (Wildman–Crippen LogP) is 3.62. The Morgan fingerprint density at radius 3 is 2.78 bits per heavy atom. The third-order valence-electron chi connectivity index (χ3n) is 2.87. The monoisotopic (exact) mass is 415 g/mol. The molecule has 0 aliphatic rings. The van der Waals surface area contributed by atoms with Crippen LogP contribution in [-0.2, 0) is 6.42 Å². The molecule has 1 amide bonds. The lowest BCUT2D eigenvalue weighted by Gasteiger charge is -2.19. The molecule has 0 saturated carbocycles. The van der Waals surface area contributed by atoms with Crippen LogP contribution in [0.3, 0.4) is 0 Å². The summed E-state index contributed by atoms with van der Waals surface area (Å²) in [6, 6.07) is 1.84. The van der Waals surface area contributed by atoms with Gasteiger partial charge in [-0.1, -0.05) is 18.3 Å². The normalized spacial score (nSPS) is 10.4. The van der Waals surface area contributed by atoms with Gasteiger partial charge in [0.05, 0.1) is 5.56 Å². The Labute approximate surface area is 150 Å². The molecule has 0 saturated heterocycles. The van der Waals surface area contributed by atoms with Crippen molar-refractivity contribution in [2.24, 2.45) is 0 Å². The summed E-state index contributed by atoms with van der Waals surface area (Å²) >= 11 is 9.99. The Kier molecular flexibility index (Phi) is 5.97. The maximum absolute atomic E-state index is 11.2. The van der Waals surface area contributed by atoms with Crippen molar-refractivity contribution in [1.29, 1.82) is 0 Å². The molecule has 0 atom stereocenters. The molecule has 0 radical (unpaired) electrons. The van der Waals surface area contributed by atoms with Gasteiger partial charge in [0.25, 0.3) is 0 Å². The topological polar surface area (TPSA) is 91.2 Å². The minimum absolute atomic E-state index is 0.0660. The molecule has 7 nitrogen and oxygen atoms in total. The van der Waals surface area contributed by atoms with Crippen LogP contribution >= 0.6 is 39.5 Å². The predicted molar refractivity (Wildman–Crippen MR) is 96.8 cm³/mol. The molecule has 2 N–H and O–H groups in total. The number of halogens is 1. The summed E-state index contributed by atoms with van der Waals surface area (Å²) in [5.41, 5.74) is 0.709. The number of nitrogens with one attached hydrogen (secondary N) is 1. The van der Waals surface area contributed by atoms with Crippen molar-refractivity contribution in [2.75, 3.05) is 11.9 Å². The van der Waals surface area contributed by atoms with Crippen molar-refractivity contribution in [3.8, 4) is 10.6 Å². The molecule has 0 aliphatic carbocycles. The van der Waals surface area contributed by atoms with E-state index < -0.39 is 6.09 Å². The molecular formula is C13H14BrN5O2S2. The summed E-state index contributed by atoms with van der Waals surface area (Å²) in [7, 11) is 0. The van der Waals surface area contributed by atoms with Gasteiger partial charge in [0.1, 0.15) is 10.8 Å². The van der Waals surface area contributed by atoms with E-state index in [1.807, 2.05) is 13.0 Å². The Bertz CT molecular complexity index is 737. The van der Waals surface area contributed by atoms with Crippen molar-refractivity contribution in [1.82, 2.24) is 20.1 Å². The maximum Gasteiger partial charge on any atom is 0.413 e. The van der Waals surface area contributed by atoms with Crippen molar-refractivity contribution >= 4 is 56.5 Å². The van der Waals surface area contributed by atoms with Gasteiger partial charge in [0.15, 0.2) is 10.1 Å². The van der Waals surface area contributed by atoms with Gasteiger partial charge < -0.3 is 10.4 Å². The van der Waals surface area contributed by atoms with Gasteiger partial charge in [-0.2, -0.15) is 0 Å². The first-order chi connectivity index (χ1) is 11.0. The fourth-order valence-corrected chi connectivity index (χ4v) is 3.17. The second-order valence-corrected chi connectivity index (χ2v) is 6.73. The summed E-state index contributed by atoms with van der Waals surface area (Å²) in [4.78, 5) is 16.5. The fourth-order valence-electron chi connectivity index (χ4n) is 1.74. The van der Waals surface area contributed by atoms with Gasteiger partial charge in [0.2, 0.25) is 0 Å². The molecule has 0 fully saturated rings. The fraction of sp³-hybridized carbons (Fsp3) is 0.308. The third-order valence-corrected chi connectivity index (χ3v) is 4.73. The van der Waals surface area contributed by atoms with E-state index in [1.165, 1.54) is 11.3 Å². The molecule has 122 valence electrons. The number of carboxylic acid groups (broad SMARTS) is 1. The first-order valence-corrected chi connectivity index (χ1v) is 8.77. The number of carbonyl (C=O) groups is 1. The highest BCUT2D eigenvalue weighted by molar-refractivity contribution is 9.10. The molecule has 23 heavy (non-hydrogen) atoms. The lowest BCUT2D eigenvalue weighted by atomic mass is 10.2. The second kappa shape index (κ2) is 7.75. The van der Waals surface area contributed by atoms with E-state index in [9.17, 15) is 4.79 Å². The number of amides is 1. The summed E-state index contributed by atoms with van der Waals surface area (Å²) in [5, 5.41) is 21.9. The molecule has 0 unspecified atom stereocenters. The van der Waals surface area contributed by atoms with Gasteiger partial charge in [-0.3, -0.25) is 4.90 Å². The molecule has 2 aromatic heterocycles. The van der Waals surface area contributed by atoms with Crippen LogP contribution in [0, 0.1) is 0 Å². The molecule has 0 spiro atoms. The zero-order chi connectivity index (χ0) is 17.0. The number of hydrogen-bond donors (Lipinski definition) is 2. The number of hydrogen-bond acceptors (Lipinski definition) is 6. The molecule has 2 rings (SSSR count). The SMILES string of the molecule is CCc1nnc(-c2cc(Br)cnc2NC(=S)N(CC)C(=O)O)s1. The van der Waals surface area contributed by atoms with Gasteiger partial charge in [0, 0.05) is 17.2 Å². The van der Waals surface area contributed by atoms with Crippen molar-refractivity contribution in [2.45, 2.75) is 20.3 Å². The molecule has 0 aliphatic heterocycles. The van der Waals surface area contributed by atoms with Crippen LogP contribution in [0.25, 0.3) is 10.6 Å². The molecule has 0 aromatic carbocycles. The minimum Gasteiger partial charge on any atom is -0.465 e. The Morgan fingerprint density at radius 2 is 2.22 bits per heavy atom. The van der Waals surface area contributed by atoms with Crippen molar-refractivity contribution < 1.29 is 9.90 Å². The van der Waals surface area contributed by atoms with Crippen LogP contribution in [-0.4, -0.2) is 42.9 Å². The van der Waals surface area contributed by atoms with E-state index in [4.69, 9.17) is 17.3 Å². The van der Waals surface area contributed by atoms with E-state index in [0.717, 1.165) is 20.8 Å². The number of aromatic nitrogens is 3. The first kappa shape index (κ1) is 17.7. The highest BCUT2D eigenvalue weighted by atomic mass is 79.9. The third kappa shape index (κ3) is 4.21. The van der Waals surface area contributed by atoms with E-state index in [0.29, 0.717) is 16.4 Å². The molecule has 10 heteroatoms. The number of nitrogens with zero attached hydrogens (tertiary/aromatic N) is 4. The number of pyridine rings is 1. The Hall–Kier alpha value is -1.65. The van der Waals surface area contributed by atoms with Crippen LogP contribution < -0.4 is 5.32 Å². The highest BCUT2D eigenvalue weighted by Gasteiger charge is 2.19. The first-order valence-electron chi connectivity index (χ1n) is 6.76.